The van der Waals surface area contributed by atoms with Gasteiger partial charge in [0.1, 0.15) is 6.61 Å². The van der Waals surface area contributed by atoms with Crippen LogP contribution in [0.2, 0.25) is 0 Å². The van der Waals surface area contributed by atoms with Crippen molar-refractivity contribution >= 4 is 11.8 Å². The smallest absolute Gasteiger partial charge is 0.347 e. The molecular formula is C13H11NO5. The average molecular weight is 261 g/mol. The highest BCUT2D eigenvalue weighted by Crippen LogP contribution is 2.32. The first-order valence-corrected chi connectivity index (χ1v) is 5.82. The molecule has 0 amide bonds. The minimum Gasteiger partial charge on any atom is -0.458 e. The van der Waals surface area contributed by atoms with Crippen molar-refractivity contribution in [2.24, 2.45) is 0 Å². The highest BCUT2D eigenvalue weighted by molar-refractivity contribution is 5.97. The Labute approximate surface area is 107 Å². The summed E-state index contributed by atoms with van der Waals surface area (Å²) in [5.41, 5.74) is -1.94. The van der Waals surface area contributed by atoms with Gasteiger partial charge in [0.25, 0.3) is 5.56 Å². The topological polar surface area (TPSA) is 85.6 Å². The molecule has 6 nitrogen and oxygen atoms in total. The summed E-state index contributed by atoms with van der Waals surface area (Å²) in [5.74, 6) is -1.06. The van der Waals surface area contributed by atoms with Gasteiger partial charge in [-0.2, -0.15) is 0 Å². The molecule has 98 valence electrons. The van der Waals surface area contributed by atoms with Gasteiger partial charge in [0.05, 0.1) is 11.3 Å². The SMILES string of the molecule is C=C[C@@]1(O)C(=O)OCc2c1cc1n(c2=O)CCC1=O. The molecule has 0 radical (unpaired) electrons. The van der Waals surface area contributed by atoms with E-state index in [0.717, 1.165) is 6.08 Å². The fraction of sp³-hybridized carbons (Fsp3) is 0.308. The minimum atomic E-state index is -2.06. The number of rotatable bonds is 1. The summed E-state index contributed by atoms with van der Waals surface area (Å²) in [5, 5.41) is 10.3. The first kappa shape index (κ1) is 11.9. The lowest BCUT2D eigenvalue weighted by molar-refractivity contribution is -0.165. The van der Waals surface area contributed by atoms with Crippen molar-refractivity contribution in [2.75, 3.05) is 0 Å². The molecule has 0 unspecified atom stereocenters. The molecule has 2 aliphatic heterocycles. The van der Waals surface area contributed by atoms with E-state index in [4.69, 9.17) is 4.74 Å². The number of ether oxygens (including phenoxy) is 1. The van der Waals surface area contributed by atoms with Crippen LogP contribution in [-0.4, -0.2) is 21.4 Å². The average Bonchev–Trinajstić information content (AvgIpc) is 2.77. The van der Waals surface area contributed by atoms with Crippen LogP contribution in [0.4, 0.5) is 0 Å². The predicted molar refractivity (Wildman–Crippen MR) is 63.5 cm³/mol. The van der Waals surface area contributed by atoms with E-state index in [-0.39, 0.29) is 35.6 Å². The van der Waals surface area contributed by atoms with E-state index in [9.17, 15) is 19.5 Å². The second-order valence-corrected chi connectivity index (χ2v) is 4.60. The van der Waals surface area contributed by atoms with Crippen LogP contribution in [0.3, 0.4) is 0 Å². The van der Waals surface area contributed by atoms with Crippen molar-refractivity contribution < 1.29 is 19.4 Å². The zero-order valence-electron chi connectivity index (χ0n) is 10.0. The van der Waals surface area contributed by atoms with Crippen LogP contribution >= 0.6 is 0 Å². The molecule has 3 rings (SSSR count). The summed E-state index contributed by atoms with van der Waals surface area (Å²) in [6, 6.07) is 1.40. The number of nitrogens with zero attached hydrogens (tertiary/aromatic N) is 1. The first-order chi connectivity index (χ1) is 8.99. The maximum absolute atomic E-state index is 12.2. The Morgan fingerprint density at radius 3 is 2.84 bits per heavy atom. The second-order valence-electron chi connectivity index (χ2n) is 4.60. The summed E-state index contributed by atoms with van der Waals surface area (Å²) in [6.45, 7) is 3.53. The molecule has 6 heteroatoms. The number of hydrogen-bond donors (Lipinski definition) is 1. The van der Waals surface area contributed by atoms with Crippen LogP contribution in [0.1, 0.15) is 28.0 Å². The Bertz CT molecular complexity index is 687. The Hall–Kier alpha value is -2.21. The summed E-state index contributed by atoms with van der Waals surface area (Å²) in [7, 11) is 0. The van der Waals surface area contributed by atoms with Crippen molar-refractivity contribution in [2.45, 2.75) is 25.2 Å². The van der Waals surface area contributed by atoms with Gasteiger partial charge in [0.15, 0.2) is 5.78 Å². The standard InChI is InChI=1S/C13H11NO5/c1-2-13(18)8-5-9-10(15)3-4-14(9)11(16)7(8)6-19-12(13)17/h2,5,18H,1,3-4,6H2/t13-/m0/s1. The summed E-state index contributed by atoms with van der Waals surface area (Å²) in [6.07, 6.45) is 1.27. The third-order valence-electron chi connectivity index (χ3n) is 3.61. The molecule has 1 aromatic rings. The molecule has 0 bridgehead atoms. The highest BCUT2D eigenvalue weighted by Gasteiger charge is 2.44. The third kappa shape index (κ3) is 1.37. The van der Waals surface area contributed by atoms with Crippen LogP contribution in [0.25, 0.3) is 0 Å². The fourth-order valence-electron chi connectivity index (χ4n) is 2.51. The Kier molecular flexibility index (Phi) is 2.27. The third-order valence-corrected chi connectivity index (χ3v) is 3.61. The molecule has 1 atom stereocenters. The van der Waals surface area contributed by atoms with E-state index in [1.54, 1.807) is 0 Å². The molecule has 0 fully saturated rings. The number of cyclic esters (lactones) is 1. The number of pyridine rings is 1. The lowest BCUT2D eigenvalue weighted by atomic mass is 9.88. The fourth-order valence-corrected chi connectivity index (χ4v) is 2.51. The molecular weight excluding hydrogens is 250 g/mol. The summed E-state index contributed by atoms with van der Waals surface area (Å²) in [4.78, 5) is 35.6. The number of ketones is 1. The van der Waals surface area contributed by atoms with Crippen LogP contribution in [0.5, 0.6) is 0 Å². The maximum atomic E-state index is 12.2. The molecule has 0 aliphatic carbocycles. The van der Waals surface area contributed by atoms with E-state index in [1.165, 1.54) is 10.6 Å². The molecule has 0 spiro atoms. The van der Waals surface area contributed by atoms with E-state index in [2.05, 4.69) is 6.58 Å². The van der Waals surface area contributed by atoms with Gasteiger partial charge in [-0.15, -0.1) is 0 Å². The molecule has 1 aromatic heterocycles. The van der Waals surface area contributed by atoms with Gasteiger partial charge in [-0.05, 0) is 12.1 Å². The highest BCUT2D eigenvalue weighted by atomic mass is 16.6. The number of aromatic nitrogens is 1. The van der Waals surface area contributed by atoms with Crippen molar-refractivity contribution in [1.29, 1.82) is 0 Å². The predicted octanol–water partition coefficient (Wildman–Crippen LogP) is -0.135. The Balaban J connectivity index is 2.36. The summed E-state index contributed by atoms with van der Waals surface area (Å²) >= 11 is 0. The van der Waals surface area contributed by atoms with Gasteiger partial charge in [0.2, 0.25) is 5.60 Å². The largest absolute Gasteiger partial charge is 0.458 e. The lowest BCUT2D eigenvalue weighted by Crippen LogP contribution is -2.43. The zero-order valence-corrected chi connectivity index (χ0v) is 10.0. The molecule has 0 saturated heterocycles. The Morgan fingerprint density at radius 2 is 2.16 bits per heavy atom. The zero-order chi connectivity index (χ0) is 13.8. The van der Waals surface area contributed by atoms with Crippen molar-refractivity contribution in [3.05, 3.63) is 45.9 Å². The van der Waals surface area contributed by atoms with Crippen molar-refractivity contribution in [3.63, 3.8) is 0 Å². The quantitative estimate of drug-likeness (QED) is 0.562. The van der Waals surface area contributed by atoms with E-state index in [1.807, 2.05) is 0 Å². The number of esters is 1. The molecule has 19 heavy (non-hydrogen) atoms. The molecule has 1 N–H and O–H groups in total. The van der Waals surface area contributed by atoms with Crippen molar-refractivity contribution in [1.82, 2.24) is 4.57 Å². The number of carbonyl (C=O) groups excluding carboxylic acids is 2. The van der Waals surface area contributed by atoms with Crippen molar-refractivity contribution in [3.8, 4) is 0 Å². The van der Waals surface area contributed by atoms with Gasteiger partial charge in [-0.3, -0.25) is 9.59 Å². The van der Waals surface area contributed by atoms with Crippen LogP contribution in [0.15, 0.2) is 23.5 Å². The van der Waals surface area contributed by atoms with Gasteiger partial charge >= 0.3 is 5.97 Å². The van der Waals surface area contributed by atoms with Gasteiger partial charge in [-0.1, -0.05) is 6.58 Å². The summed E-state index contributed by atoms with van der Waals surface area (Å²) < 4.78 is 6.17. The molecule has 0 aromatic carbocycles. The monoisotopic (exact) mass is 261 g/mol. The number of aliphatic hydroxyl groups is 1. The normalized spacial score (nSPS) is 24.7. The van der Waals surface area contributed by atoms with E-state index >= 15 is 0 Å². The van der Waals surface area contributed by atoms with E-state index in [0.29, 0.717) is 6.54 Å². The minimum absolute atomic E-state index is 0.102. The lowest BCUT2D eigenvalue weighted by Gasteiger charge is -2.29. The van der Waals surface area contributed by atoms with Crippen LogP contribution in [-0.2, 0) is 28.3 Å². The first-order valence-electron chi connectivity index (χ1n) is 5.82. The number of Topliss-reactive ketones (excluding diaryl/α,β-unsaturated/α-hetero) is 1. The van der Waals surface area contributed by atoms with Gasteiger partial charge in [0, 0.05) is 18.5 Å². The number of carbonyl (C=O) groups is 2. The van der Waals surface area contributed by atoms with Crippen LogP contribution in [0, 0.1) is 0 Å². The molecule has 2 aliphatic rings. The van der Waals surface area contributed by atoms with Gasteiger partial charge in [-0.25, -0.2) is 4.79 Å². The number of hydrogen-bond acceptors (Lipinski definition) is 5. The maximum Gasteiger partial charge on any atom is 0.347 e. The van der Waals surface area contributed by atoms with E-state index < -0.39 is 17.1 Å². The molecule has 0 saturated carbocycles. The molecule has 3 heterocycles. The van der Waals surface area contributed by atoms with Gasteiger partial charge < -0.3 is 14.4 Å². The number of fused-ring (bicyclic) bond motifs is 2. The van der Waals surface area contributed by atoms with Crippen LogP contribution < -0.4 is 5.56 Å². The second kappa shape index (κ2) is 3.64. The Morgan fingerprint density at radius 1 is 1.42 bits per heavy atom.